The molecule has 0 radical (unpaired) electrons. The van der Waals surface area contributed by atoms with Crippen LogP contribution in [0.25, 0.3) is 11.3 Å². The average molecular weight is 388 g/mol. The number of carbonyl (C=O) groups excluding carboxylic acids is 2. The van der Waals surface area contributed by atoms with Gasteiger partial charge in [0.25, 0.3) is 5.91 Å². The molecule has 0 saturated carbocycles. The molecule has 3 rings (SSSR count). The van der Waals surface area contributed by atoms with Crippen LogP contribution in [0.1, 0.15) is 17.4 Å². The van der Waals surface area contributed by atoms with Gasteiger partial charge in [-0.1, -0.05) is 0 Å². The second-order valence-electron chi connectivity index (χ2n) is 6.21. The lowest BCUT2D eigenvalue weighted by molar-refractivity contribution is 0.0566. The highest BCUT2D eigenvalue weighted by molar-refractivity contribution is 5.93. The van der Waals surface area contributed by atoms with E-state index in [1.54, 1.807) is 43.1 Å². The molecule has 0 aliphatic carbocycles. The number of methoxy groups -OCH3 is 2. The molecule has 2 aromatic rings. The second kappa shape index (κ2) is 8.64. The van der Waals surface area contributed by atoms with Gasteiger partial charge >= 0.3 is 6.09 Å². The first-order chi connectivity index (χ1) is 13.6. The molecular weight excluding hydrogens is 364 g/mol. The summed E-state index contributed by atoms with van der Waals surface area (Å²) in [7, 11) is 3.15. The number of hydrogen-bond acceptors (Lipinski definition) is 6. The normalized spacial score (nSPS) is 14.0. The smallest absolute Gasteiger partial charge is 0.409 e. The Balaban J connectivity index is 1.69. The van der Waals surface area contributed by atoms with Crippen LogP contribution < -0.4 is 9.47 Å². The number of nitrogens with zero attached hydrogens (tertiary/aromatic N) is 3. The first kappa shape index (κ1) is 19.5. The molecule has 2 amide bonds. The van der Waals surface area contributed by atoms with Gasteiger partial charge in [0.05, 0.1) is 26.5 Å². The highest BCUT2D eigenvalue weighted by Crippen LogP contribution is 2.32. The number of hydrogen-bond donors (Lipinski definition) is 1. The van der Waals surface area contributed by atoms with E-state index in [1.165, 1.54) is 0 Å². The van der Waals surface area contributed by atoms with Crippen LogP contribution in [-0.2, 0) is 4.74 Å². The predicted octanol–water partition coefficient (Wildman–Crippen LogP) is 2.01. The Morgan fingerprint density at radius 1 is 1.07 bits per heavy atom. The van der Waals surface area contributed by atoms with Gasteiger partial charge in [0.2, 0.25) is 0 Å². The number of nitrogens with one attached hydrogen (secondary N) is 1. The van der Waals surface area contributed by atoms with Crippen molar-refractivity contribution in [1.29, 1.82) is 0 Å². The Hall–Kier alpha value is -3.23. The molecule has 1 N–H and O–H groups in total. The summed E-state index contributed by atoms with van der Waals surface area (Å²) in [6, 6.07) is 7.10. The van der Waals surface area contributed by atoms with E-state index >= 15 is 0 Å². The monoisotopic (exact) mass is 388 g/mol. The van der Waals surface area contributed by atoms with Crippen LogP contribution in [-0.4, -0.2) is 79.0 Å². The van der Waals surface area contributed by atoms with Gasteiger partial charge in [-0.25, -0.2) is 4.79 Å². The summed E-state index contributed by atoms with van der Waals surface area (Å²) in [5, 5.41) is 7.06. The van der Waals surface area contributed by atoms with E-state index in [4.69, 9.17) is 14.2 Å². The standard InChI is InChI=1S/C19H24N4O5/c1-4-28-19(25)23-9-7-22(8-10-23)18(24)16-12-15(20-21-16)14-6-5-13(26-2)11-17(14)27-3/h5-6,11-12H,4,7-10H2,1-3H3,(H,20,21). The van der Waals surface area contributed by atoms with Crippen LogP contribution in [0.3, 0.4) is 0 Å². The van der Waals surface area contributed by atoms with E-state index in [0.717, 1.165) is 5.56 Å². The van der Waals surface area contributed by atoms with Crippen molar-refractivity contribution in [2.45, 2.75) is 6.92 Å². The minimum atomic E-state index is -0.343. The van der Waals surface area contributed by atoms with Crippen LogP contribution in [0.4, 0.5) is 4.79 Å². The largest absolute Gasteiger partial charge is 0.497 e. The Labute approximate surface area is 163 Å². The quantitative estimate of drug-likeness (QED) is 0.842. The number of piperazine rings is 1. The minimum absolute atomic E-state index is 0.158. The Kier molecular flexibility index (Phi) is 6.03. The van der Waals surface area contributed by atoms with Crippen LogP contribution in [0.15, 0.2) is 24.3 Å². The molecule has 1 aliphatic rings. The summed E-state index contributed by atoms with van der Waals surface area (Å²) < 4.78 is 15.6. The fraction of sp³-hybridized carbons (Fsp3) is 0.421. The van der Waals surface area contributed by atoms with Crippen LogP contribution in [0.5, 0.6) is 11.5 Å². The molecule has 2 heterocycles. The average Bonchev–Trinajstić information content (AvgIpc) is 3.23. The molecular formula is C19H24N4O5. The summed E-state index contributed by atoms with van der Waals surface area (Å²) >= 11 is 0. The third-order valence-electron chi connectivity index (χ3n) is 4.59. The van der Waals surface area contributed by atoms with Crippen LogP contribution >= 0.6 is 0 Å². The molecule has 150 valence electrons. The van der Waals surface area contributed by atoms with E-state index in [0.29, 0.717) is 55.7 Å². The van der Waals surface area contributed by atoms with Crippen molar-refractivity contribution < 1.29 is 23.8 Å². The van der Waals surface area contributed by atoms with Crippen molar-refractivity contribution >= 4 is 12.0 Å². The number of rotatable bonds is 5. The number of aromatic nitrogens is 2. The van der Waals surface area contributed by atoms with Gasteiger partial charge in [-0.3, -0.25) is 9.89 Å². The van der Waals surface area contributed by atoms with Gasteiger partial charge in [-0.05, 0) is 25.1 Å². The zero-order valence-electron chi connectivity index (χ0n) is 16.2. The van der Waals surface area contributed by atoms with Crippen LogP contribution in [0.2, 0.25) is 0 Å². The first-order valence-corrected chi connectivity index (χ1v) is 9.06. The van der Waals surface area contributed by atoms with Gasteiger partial charge in [0, 0.05) is 37.8 Å². The molecule has 9 nitrogen and oxygen atoms in total. The molecule has 0 bridgehead atoms. The highest BCUT2D eigenvalue weighted by Gasteiger charge is 2.26. The molecule has 1 aliphatic heterocycles. The molecule has 1 aromatic carbocycles. The maximum atomic E-state index is 12.8. The predicted molar refractivity (Wildman–Crippen MR) is 102 cm³/mol. The van der Waals surface area contributed by atoms with Gasteiger partial charge in [-0.15, -0.1) is 0 Å². The Morgan fingerprint density at radius 2 is 1.79 bits per heavy atom. The number of ether oxygens (including phenoxy) is 3. The van der Waals surface area contributed by atoms with Crippen LogP contribution in [0, 0.1) is 0 Å². The second-order valence-corrected chi connectivity index (χ2v) is 6.21. The number of aromatic amines is 1. The van der Waals surface area contributed by atoms with E-state index in [9.17, 15) is 9.59 Å². The van der Waals surface area contributed by atoms with Crippen molar-refractivity contribution in [3.8, 4) is 22.8 Å². The molecule has 28 heavy (non-hydrogen) atoms. The number of H-pyrrole nitrogens is 1. The Morgan fingerprint density at radius 3 is 2.43 bits per heavy atom. The zero-order valence-corrected chi connectivity index (χ0v) is 16.2. The lowest BCUT2D eigenvalue weighted by Gasteiger charge is -2.33. The lowest BCUT2D eigenvalue weighted by Crippen LogP contribution is -2.50. The van der Waals surface area contributed by atoms with Crippen molar-refractivity contribution in [1.82, 2.24) is 20.0 Å². The third kappa shape index (κ3) is 4.03. The maximum Gasteiger partial charge on any atom is 0.409 e. The summed E-state index contributed by atoms with van der Waals surface area (Å²) in [6.07, 6.45) is -0.343. The summed E-state index contributed by atoms with van der Waals surface area (Å²) in [6.45, 7) is 3.88. The van der Waals surface area contributed by atoms with Gasteiger partial charge in [-0.2, -0.15) is 5.10 Å². The molecule has 0 spiro atoms. The fourth-order valence-corrected chi connectivity index (χ4v) is 3.06. The van der Waals surface area contributed by atoms with E-state index in [2.05, 4.69) is 10.2 Å². The summed E-state index contributed by atoms with van der Waals surface area (Å²) in [4.78, 5) is 27.8. The topological polar surface area (TPSA) is 97.0 Å². The molecule has 1 saturated heterocycles. The third-order valence-corrected chi connectivity index (χ3v) is 4.59. The van der Waals surface area contributed by atoms with Gasteiger partial charge < -0.3 is 24.0 Å². The Bertz CT molecular complexity index is 843. The highest BCUT2D eigenvalue weighted by atomic mass is 16.6. The zero-order chi connectivity index (χ0) is 20.1. The molecule has 9 heteroatoms. The van der Waals surface area contributed by atoms with E-state index < -0.39 is 0 Å². The fourth-order valence-electron chi connectivity index (χ4n) is 3.06. The first-order valence-electron chi connectivity index (χ1n) is 9.06. The number of benzene rings is 1. The number of amides is 2. The molecule has 1 fully saturated rings. The minimum Gasteiger partial charge on any atom is -0.497 e. The van der Waals surface area contributed by atoms with Crippen molar-refractivity contribution in [3.05, 3.63) is 30.0 Å². The van der Waals surface area contributed by atoms with Crippen molar-refractivity contribution in [2.75, 3.05) is 47.0 Å². The summed E-state index contributed by atoms with van der Waals surface area (Å²) in [5.41, 5.74) is 1.75. The summed E-state index contributed by atoms with van der Waals surface area (Å²) in [5.74, 6) is 1.12. The number of carbonyl (C=O) groups is 2. The van der Waals surface area contributed by atoms with E-state index in [1.807, 2.05) is 12.1 Å². The van der Waals surface area contributed by atoms with Gasteiger partial charge in [0.1, 0.15) is 17.2 Å². The van der Waals surface area contributed by atoms with Crippen molar-refractivity contribution in [3.63, 3.8) is 0 Å². The molecule has 0 atom stereocenters. The van der Waals surface area contributed by atoms with Gasteiger partial charge in [0.15, 0.2) is 0 Å². The maximum absolute atomic E-state index is 12.8. The molecule has 1 aromatic heterocycles. The van der Waals surface area contributed by atoms with Crippen molar-refractivity contribution in [2.24, 2.45) is 0 Å². The lowest BCUT2D eigenvalue weighted by atomic mass is 10.1. The SMILES string of the molecule is CCOC(=O)N1CCN(C(=O)c2cc(-c3ccc(OC)cc3OC)n[nH]2)CC1. The molecule has 0 unspecified atom stereocenters. The van der Waals surface area contributed by atoms with E-state index in [-0.39, 0.29) is 12.0 Å².